The van der Waals surface area contributed by atoms with Gasteiger partial charge in [0.2, 0.25) is 0 Å². The summed E-state index contributed by atoms with van der Waals surface area (Å²) in [4.78, 5) is 16.3. The van der Waals surface area contributed by atoms with Crippen LogP contribution >= 0.6 is 23.2 Å². The maximum absolute atomic E-state index is 12.2. The lowest BCUT2D eigenvalue weighted by Gasteiger charge is -2.08. The second kappa shape index (κ2) is 7.34. The minimum absolute atomic E-state index is 0.286. The normalized spacial score (nSPS) is 10.2. The summed E-state index contributed by atoms with van der Waals surface area (Å²) in [5.74, 6) is -0.286. The zero-order valence-electron chi connectivity index (χ0n) is 12.5. The van der Waals surface area contributed by atoms with E-state index < -0.39 is 0 Å². The van der Waals surface area contributed by atoms with Crippen LogP contribution < -0.4 is 10.6 Å². The van der Waals surface area contributed by atoms with Crippen LogP contribution in [0.15, 0.2) is 66.9 Å². The van der Waals surface area contributed by atoms with Crippen LogP contribution in [0, 0.1) is 0 Å². The number of nitrogens with one attached hydrogen (secondary N) is 2. The summed E-state index contributed by atoms with van der Waals surface area (Å²) in [5.41, 5.74) is 2.59. The molecule has 2 N–H and O–H groups in total. The number of aromatic nitrogens is 1. The van der Waals surface area contributed by atoms with E-state index in [1.807, 2.05) is 18.2 Å². The van der Waals surface area contributed by atoms with Gasteiger partial charge in [0.15, 0.2) is 0 Å². The number of halogens is 2. The van der Waals surface area contributed by atoms with E-state index in [1.165, 1.54) is 0 Å². The van der Waals surface area contributed by atoms with Crippen LogP contribution in [0.25, 0.3) is 0 Å². The Hall–Kier alpha value is -2.56. The van der Waals surface area contributed by atoms with Gasteiger partial charge in [-0.15, -0.1) is 0 Å². The molecule has 1 aromatic heterocycles. The van der Waals surface area contributed by atoms with Crippen molar-refractivity contribution < 1.29 is 4.79 Å². The van der Waals surface area contributed by atoms with Crippen molar-refractivity contribution in [3.63, 3.8) is 0 Å². The van der Waals surface area contributed by atoms with E-state index in [1.54, 1.807) is 48.7 Å². The maximum atomic E-state index is 12.2. The standard InChI is InChI=1S/C18H13Cl2N3O/c19-12-4-6-14(7-5-12)23-18(24)17-9-8-16(11-21-17)22-15-3-1-2-13(20)10-15/h1-11,22H,(H,23,24). The maximum Gasteiger partial charge on any atom is 0.274 e. The third-order valence-electron chi connectivity index (χ3n) is 3.21. The highest BCUT2D eigenvalue weighted by Crippen LogP contribution is 2.20. The zero-order valence-corrected chi connectivity index (χ0v) is 14.0. The summed E-state index contributed by atoms with van der Waals surface area (Å²) in [5, 5.41) is 7.20. The number of rotatable bonds is 4. The van der Waals surface area contributed by atoms with Crippen LogP contribution in [0.3, 0.4) is 0 Å². The number of hydrogen-bond donors (Lipinski definition) is 2. The summed E-state index contributed by atoms with van der Waals surface area (Å²) in [6.07, 6.45) is 1.59. The SMILES string of the molecule is O=C(Nc1ccc(Cl)cc1)c1ccc(Nc2cccc(Cl)c2)cn1. The molecule has 4 nitrogen and oxygen atoms in total. The predicted molar refractivity (Wildman–Crippen MR) is 98.4 cm³/mol. The third kappa shape index (κ3) is 4.25. The summed E-state index contributed by atoms with van der Waals surface area (Å²) in [6.45, 7) is 0. The molecule has 0 aliphatic rings. The zero-order chi connectivity index (χ0) is 16.9. The Kier molecular flexibility index (Phi) is 4.99. The summed E-state index contributed by atoms with van der Waals surface area (Å²) in [6, 6.07) is 17.7. The average molecular weight is 358 g/mol. The van der Waals surface area contributed by atoms with Crippen molar-refractivity contribution in [1.29, 1.82) is 0 Å². The first-order chi connectivity index (χ1) is 11.6. The van der Waals surface area contributed by atoms with E-state index in [0.717, 1.165) is 11.4 Å². The fourth-order valence-corrected chi connectivity index (χ4v) is 2.38. The van der Waals surface area contributed by atoms with Gasteiger partial charge in [0, 0.05) is 21.4 Å². The van der Waals surface area contributed by atoms with E-state index in [2.05, 4.69) is 15.6 Å². The highest BCUT2D eigenvalue weighted by Gasteiger charge is 2.08. The highest BCUT2D eigenvalue weighted by atomic mass is 35.5. The molecule has 3 aromatic rings. The van der Waals surface area contributed by atoms with E-state index in [-0.39, 0.29) is 5.91 Å². The average Bonchev–Trinajstić information content (AvgIpc) is 2.57. The minimum atomic E-state index is -0.286. The van der Waals surface area contributed by atoms with Gasteiger partial charge in [-0.1, -0.05) is 29.3 Å². The number of nitrogens with zero attached hydrogens (tertiary/aromatic N) is 1. The molecule has 0 atom stereocenters. The van der Waals surface area contributed by atoms with Gasteiger partial charge < -0.3 is 10.6 Å². The summed E-state index contributed by atoms with van der Waals surface area (Å²) in [7, 11) is 0. The number of amides is 1. The number of carbonyl (C=O) groups excluding carboxylic acids is 1. The quantitative estimate of drug-likeness (QED) is 0.658. The summed E-state index contributed by atoms with van der Waals surface area (Å²) >= 11 is 11.8. The molecule has 3 rings (SSSR count). The van der Waals surface area contributed by atoms with Gasteiger partial charge in [-0.3, -0.25) is 4.79 Å². The van der Waals surface area contributed by atoms with Gasteiger partial charge in [0.05, 0.1) is 11.9 Å². The fourth-order valence-electron chi connectivity index (χ4n) is 2.06. The number of benzene rings is 2. The topological polar surface area (TPSA) is 54.0 Å². The molecular weight excluding hydrogens is 345 g/mol. The van der Waals surface area contributed by atoms with Crippen LogP contribution in [-0.4, -0.2) is 10.9 Å². The summed E-state index contributed by atoms with van der Waals surface area (Å²) < 4.78 is 0. The molecular formula is C18H13Cl2N3O. The van der Waals surface area contributed by atoms with Crippen LogP contribution in [0.4, 0.5) is 17.1 Å². The molecule has 0 saturated heterocycles. The lowest BCUT2D eigenvalue weighted by Crippen LogP contribution is -2.13. The van der Waals surface area contributed by atoms with Gasteiger partial charge >= 0.3 is 0 Å². The Morgan fingerprint density at radius 3 is 2.25 bits per heavy atom. The smallest absolute Gasteiger partial charge is 0.274 e. The minimum Gasteiger partial charge on any atom is -0.354 e. The number of carbonyl (C=O) groups is 1. The molecule has 0 unspecified atom stereocenters. The van der Waals surface area contributed by atoms with Gasteiger partial charge in [-0.25, -0.2) is 4.98 Å². The molecule has 120 valence electrons. The Morgan fingerprint density at radius 2 is 1.58 bits per heavy atom. The highest BCUT2D eigenvalue weighted by molar-refractivity contribution is 6.31. The van der Waals surface area contributed by atoms with E-state index in [9.17, 15) is 4.79 Å². The molecule has 6 heteroatoms. The molecule has 0 fully saturated rings. The van der Waals surface area contributed by atoms with Crippen LogP contribution in [0.2, 0.25) is 10.0 Å². The molecule has 0 spiro atoms. The van der Waals surface area contributed by atoms with Crippen LogP contribution in [0.1, 0.15) is 10.5 Å². The molecule has 0 saturated carbocycles. The molecule has 0 aliphatic carbocycles. The Balaban J connectivity index is 1.67. The molecule has 0 bridgehead atoms. The van der Waals surface area contributed by atoms with Crippen molar-refractivity contribution in [3.05, 3.63) is 82.6 Å². The fraction of sp³-hybridized carbons (Fsp3) is 0. The first-order valence-corrected chi connectivity index (χ1v) is 7.91. The van der Waals surface area contributed by atoms with E-state index in [0.29, 0.717) is 21.4 Å². The number of pyridine rings is 1. The molecule has 1 heterocycles. The Bertz CT molecular complexity index is 849. The van der Waals surface area contributed by atoms with Crippen LogP contribution in [-0.2, 0) is 0 Å². The predicted octanol–water partition coefficient (Wildman–Crippen LogP) is 5.38. The van der Waals surface area contributed by atoms with Crippen molar-refractivity contribution in [2.75, 3.05) is 10.6 Å². The first-order valence-electron chi connectivity index (χ1n) is 7.16. The Morgan fingerprint density at radius 1 is 0.833 bits per heavy atom. The molecule has 0 aliphatic heterocycles. The van der Waals surface area contributed by atoms with Crippen molar-refractivity contribution in [2.24, 2.45) is 0 Å². The monoisotopic (exact) mass is 357 g/mol. The van der Waals surface area contributed by atoms with Crippen molar-refractivity contribution in [2.45, 2.75) is 0 Å². The lowest BCUT2D eigenvalue weighted by atomic mass is 10.2. The van der Waals surface area contributed by atoms with Gasteiger partial charge in [0.25, 0.3) is 5.91 Å². The third-order valence-corrected chi connectivity index (χ3v) is 3.70. The van der Waals surface area contributed by atoms with Gasteiger partial charge in [-0.2, -0.15) is 0 Å². The number of hydrogen-bond acceptors (Lipinski definition) is 3. The molecule has 2 aromatic carbocycles. The van der Waals surface area contributed by atoms with Gasteiger partial charge in [-0.05, 0) is 54.6 Å². The lowest BCUT2D eigenvalue weighted by molar-refractivity contribution is 0.102. The van der Waals surface area contributed by atoms with E-state index in [4.69, 9.17) is 23.2 Å². The largest absolute Gasteiger partial charge is 0.354 e. The first kappa shape index (κ1) is 16.3. The Labute approximate surface area is 149 Å². The van der Waals surface area contributed by atoms with Crippen LogP contribution in [0.5, 0.6) is 0 Å². The van der Waals surface area contributed by atoms with Crippen molar-refractivity contribution >= 4 is 46.2 Å². The molecule has 0 radical (unpaired) electrons. The van der Waals surface area contributed by atoms with Crippen molar-refractivity contribution in [3.8, 4) is 0 Å². The molecule has 24 heavy (non-hydrogen) atoms. The number of anilines is 3. The molecule has 1 amide bonds. The van der Waals surface area contributed by atoms with Gasteiger partial charge in [0.1, 0.15) is 5.69 Å². The van der Waals surface area contributed by atoms with Crippen molar-refractivity contribution in [1.82, 2.24) is 4.98 Å². The second-order valence-corrected chi connectivity index (χ2v) is 5.90. The van der Waals surface area contributed by atoms with E-state index >= 15 is 0 Å². The second-order valence-electron chi connectivity index (χ2n) is 5.03.